The Kier molecular flexibility index (Phi) is 7.33. The fourth-order valence-electron chi connectivity index (χ4n) is 2.69. The standard InChI is InChI=1S/C23H22N2O3S/c1-27-14-15-28-21-9-5-8-20(16-21)24-23(29)25-22(26)19-12-10-18(11-13-19)17-6-3-2-4-7-17/h2-13,16H,14-15H2,1H3,(H2,24,25,26,29). The number of thiocarbonyl (C=S) groups is 1. The normalized spacial score (nSPS) is 10.2. The van der Waals surface area contributed by atoms with Crippen LogP contribution >= 0.6 is 12.2 Å². The van der Waals surface area contributed by atoms with Crippen molar-refractivity contribution in [1.82, 2.24) is 5.32 Å². The Morgan fingerprint density at radius 3 is 2.34 bits per heavy atom. The van der Waals surface area contributed by atoms with Crippen LogP contribution < -0.4 is 15.4 Å². The summed E-state index contributed by atoms with van der Waals surface area (Å²) in [4.78, 5) is 12.5. The third kappa shape index (κ3) is 6.14. The lowest BCUT2D eigenvalue weighted by molar-refractivity contribution is 0.0978. The van der Waals surface area contributed by atoms with Gasteiger partial charge in [0.1, 0.15) is 12.4 Å². The molecule has 0 fully saturated rings. The molecule has 3 rings (SSSR count). The van der Waals surface area contributed by atoms with E-state index < -0.39 is 0 Å². The van der Waals surface area contributed by atoms with E-state index in [0.29, 0.717) is 24.5 Å². The second-order valence-corrected chi connectivity index (χ2v) is 6.63. The summed E-state index contributed by atoms with van der Waals surface area (Å²) >= 11 is 5.26. The molecule has 0 aliphatic rings. The first-order valence-electron chi connectivity index (χ1n) is 9.15. The van der Waals surface area contributed by atoms with Gasteiger partial charge in [-0.3, -0.25) is 10.1 Å². The van der Waals surface area contributed by atoms with E-state index >= 15 is 0 Å². The van der Waals surface area contributed by atoms with E-state index in [0.717, 1.165) is 16.8 Å². The number of hydrogen-bond acceptors (Lipinski definition) is 4. The van der Waals surface area contributed by atoms with Gasteiger partial charge in [0.2, 0.25) is 0 Å². The molecule has 0 aromatic heterocycles. The van der Waals surface area contributed by atoms with Crippen LogP contribution in [0.1, 0.15) is 10.4 Å². The minimum atomic E-state index is -0.269. The van der Waals surface area contributed by atoms with Crippen LogP contribution in [0.2, 0.25) is 0 Å². The van der Waals surface area contributed by atoms with Gasteiger partial charge in [-0.15, -0.1) is 0 Å². The Morgan fingerprint density at radius 2 is 1.62 bits per heavy atom. The Bertz CT molecular complexity index is 959. The van der Waals surface area contributed by atoms with E-state index in [1.165, 1.54) is 0 Å². The predicted octanol–water partition coefficient (Wildman–Crippen LogP) is 4.51. The van der Waals surface area contributed by atoms with Crippen molar-refractivity contribution in [2.75, 3.05) is 25.6 Å². The molecule has 5 nitrogen and oxygen atoms in total. The molecule has 3 aromatic carbocycles. The van der Waals surface area contributed by atoms with Gasteiger partial charge in [0.05, 0.1) is 6.61 Å². The van der Waals surface area contributed by atoms with Crippen LogP contribution in [0.3, 0.4) is 0 Å². The summed E-state index contributed by atoms with van der Waals surface area (Å²) in [7, 11) is 1.62. The van der Waals surface area contributed by atoms with Crippen LogP contribution in [0.15, 0.2) is 78.9 Å². The lowest BCUT2D eigenvalue weighted by Crippen LogP contribution is -2.34. The number of ether oxygens (including phenoxy) is 2. The Balaban J connectivity index is 1.56. The summed E-state index contributed by atoms with van der Waals surface area (Å²) in [6.45, 7) is 0.968. The summed E-state index contributed by atoms with van der Waals surface area (Å²) in [5.41, 5.74) is 3.41. The van der Waals surface area contributed by atoms with E-state index in [9.17, 15) is 4.79 Å². The first kappa shape index (κ1) is 20.5. The van der Waals surface area contributed by atoms with E-state index in [-0.39, 0.29) is 11.0 Å². The number of rotatable bonds is 7. The van der Waals surface area contributed by atoms with Gasteiger partial charge in [-0.05, 0) is 47.6 Å². The molecular weight excluding hydrogens is 384 g/mol. The van der Waals surface area contributed by atoms with Crippen molar-refractivity contribution in [2.24, 2.45) is 0 Å². The number of hydrogen-bond donors (Lipinski definition) is 2. The van der Waals surface area contributed by atoms with Crippen LogP contribution in [0.4, 0.5) is 5.69 Å². The Hall–Kier alpha value is -3.22. The fourth-order valence-corrected chi connectivity index (χ4v) is 2.90. The van der Waals surface area contributed by atoms with Gasteiger partial charge in [-0.1, -0.05) is 48.5 Å². The minimum Gasteiger partial charge on any atom is -0.491 e. The molecule has 0 unspecified atom stereocenters. The molecule has 0 aliphatic carbocycles. The topological polar surface area (TPSA) is 59.6 Å². The van der Waals surface area contributed by atoms with Gasteiger partial charge in [0, 0.05) is 24.4 Å². The van der Waals surface area contributed by atoms with Crippen molar-refractivity contribution in [3.8, 4) is 16.9 Å². The number of nitrogens with one attached hydrogen (secondary N) is 2. The first-order chi connectivity index (χ1) is 14.2. The van der Waals surface area contributed by atoms with Crippen molar-refractivity contribution >= 4 is 28.9 Å². The molecule has 3 aromatic rings. The van der Waals surface area contributed by atoms with Gasteiger partial charge in [0.15, 0.2) is 5.11 Å². The second kappa shape index (κ2) is 10.4. The zero-order valence-corrected chi connectivity index (χ0v) is 16.9. The average Bonchev–Trinajstić information content (AvgIpc) is 2.75. The largest absolute Gasteiger partial charge is 0.491 e. The number of anilines is 1. The van der Waals surface area contributed by atoms with Crippen LogP contribution in [-0.2, 0) is 4.74 Å². The number of carbonyl (C=O) groups excluding carboxylic acids is 1. The number of benzene rings is 3. The Labute approximate surface area is 175 Å². The lowest BCUT2D eigenvalue weighted by atomic mass is 10.0. The summed E-state index contributed by atoms with van der Waals surface area (Å²) < 4.78 is 10.5. The molecule has 0 heterocycles. The van der Waals surface area contributed by atoms with Gasteiger partial charge < -0.3 is 14.8 Å². The molecule has 0 saturated carbocycles. The summed E-state index contributed by atoms with van der Waals surface area (Å²) in [5.74, 6) is 0.423. The molecule has 0 saturated heterocycles. The van der Waals surface area contributed by atoms with Crippen molar-refractivity contribution in [3.05, 3.63) is 84.4 Å². The van der Waals surface area contributed by atoms with Crippen molar-refractivity contribution in [1.29, 1.82) is 0 Å². The highest BCUT2D eigenvalue weighted by Gasteiger charge is 2.09. The highest BCUT2D eigenvalue weighted by molar-refractivity contribution is 7.80. The molecule has 29 heavy (non-hydrogen) atoms. The molecule has 0 radical (unpaired) electrons. The van der Waals surface area contributed by atoms with E-state index in [4.69, 9.17) is 21.7 Å². The molecule has 0 bridgehead atoms. The lowest BCUT2D eigenvalue weighted by Gasteiger charge is -2.11. The van der Waals surface area contributed by atoms with Gasteiger partial charge in [-0.25, -0.2) is 0 Å². The Morgan fingerprint density at radius 1 is 0.897 bits per heavy atom. The first-order valence-corrected chi connectivity index (χ1v) is 9.56. The fraction of sp³-hybridized carbons (Fsp3) is 0.130. The van der Waals surface area contributed by atoms with Crippen LogP contribution in [0, 0.1) is 0 Å². The summed E-state index contributed by atoms with van der Waals surface area (Å²) in [6, 6.07) is 24.7. The highest BCUT2D eigenvalue weighted by Crippen LogP contribution is 2.19. The van der Waals surface area contributed by atoms with Crippen molar-refractivity contribution in [2.45, 2.75) is 0 Å². The number of amides is 1. The SMILES string of the molecule is COCCOc1cccc(NC(=S)NC(=O)c2ccc(-c3ccccc3)cc2)c1. The van der Waals surface area contributed by atoms with Gasteiger partial charge in [0.25, 0.3) is 5.91 Å². The van der Waals surface area contributed by atoms with Crippen LogP contribution in [-0.4, -0.2) is 31.3 Å². The highest BCUT2D eigenvalue weighted by atomic mass is 32.1. The van der Waals surface area contributed by atoms with E-state index in [2.05, 4.69) is 10.6 Å². The van der Waals surface area contributed by atoms with Gasteiger partial charge in [-0.2, -0.15) is 0 Å². The van der Waals surface area contributed by atoms with Crippen molar-refractivity contribution in [3.63, 3.8) is 0 Å². The van der Waals surface area contributed by atoms with E-state index in [1.807, 2.05) is 66.7 Å². The second-order valence-electron chi connectivity index (χ2n) is 6.22. The van der Waals surface area contributed by atoms with Gasteiger partial charge >= 0.3 is 0 Å². The maximum Gasteiger partial charge on any atom is 0.257 e. The third-order valence-corrected chi connectivity index (χ3v) is 4.33. The zero-order chi connectivity index (χ0) is 20.5. The minimum absolute atomic E-state index is 0.219. The molecule has 2 N–H and O–H groups in total. The monoisotopic (exact) mass is 406 g/mol. The molecule has 0 aliphatic heterocycles. The molecule has 6 heteroatoms. The molecule has 0 spiro atoms. The van der Waals surface area contributed by atoms with Crippen LogP contribution in [0.5, 0.6) is 5.75 Å². The quantitative estimate of drug-likeness (QED) is 0.447. The van der Waals surface area contributed by atoms with Crippen LogP contribution in [0.25, 0.3) is 11.1 Å². The molecule has 0 atom stereocenters. The summed E-state index contributed by atoms with van der Waals surface area (Å²) in [6.07, 6.45) is 0. The molecule has 1 amide bonds. The molecule has 148 valence electrons. The number of methoxy groups -OCH3 is 1. The number of carbonyl (C=O) groups is 1. The zero-order valence-electron chi connectivity index (χ0n) is 16.1. The van der Waals surface area contributed by atoms with E-state index in [1.54, 1.807) is 19.2 Å². The smallest absolute Gasteiger partial charge is 0.257 e. The summed E-state index contributed by atoms with van der Waals surface area (Å²) in [5, 5.41) is 5.91. The third-order valence-electron chi connectivity index (χ3n) is 4.13. The predicted molar refractivity (Wildman–Crippen MR) is 119 cm³/mol. The maximum atomic E-state index is 12.5. The van der Waals surface area contributed by atoms with Crippen molar-refractivity contribution < 1.29 is 14.3 Å². The molecular formula is C23H22N2O3S. The maximum absolute atomic E-state index is 12.5. The average molecular weight is 407 g/mol.